The van der Waals surface area contributed by atoms with E-state index in [9.17, 15) is 9.59 Å². The van der Waals surface area contributed by atoms with Crippen molar-refractivity contribution in [2.24, 2.45) is 0 Å². The van der Waals surface area contributed by atoms with E-state index in [4.69, 9.17) is 17.3 Å². The highest BCUT2D eigenvalue weighted by atomic mass is 35.5. The van der Waals surface area contributed by atoms with Gasteiger partial charge < -0.3 is 16.4 Å². The molecule has 0 atom stereocenters. The molecule has 4 N–H and O–H groups in total. The SMILES string of the molecule is CCN(CC(=O)NC)CC(=O)Nc1cc(Cl)ccc1N. The van der Waals surface area contributed by atoms with E-state index in [1.54, 1.807) is 30.1 Å². The number of nitrogens with two attached hydrogens (primary N) is 1. The van der Waals surface area contributed by atoms with E-state index in [0.29, 0.717) is 22.9 Å². The molecule has 1 aromatic rings. The molecule has 0 saturated heterocycles. The zero-order valence-electron chi connectivity index (χ0n) is 11.6. The Kier molecular flexibility index (Phi) is 6.27. The van der Waals surface area contributed by atoms with Crippen LogP contribution in [0.15, 0.2) is 18.2 Å². The molecule has 0 unspecified atom stereocenters. The molecule has 0 radical (unpaired) electrons. The van der Waals surface area contributed by atoms with Crippen LogP contribution in [0.2, 0.25) is 5.02 Å². The summed E-state index contributed by atoms with van der Waals surface area (Å²) in [6.07, 6.45) is 0. The summed E-state index contributed by atoms with van der Waals surface area (Å²) in [6, 6.07) is 4.86. The lowest BCUT2D eigenvalue weighted by Gasteiger charge is -2.19. The van der Waals surface area contributed by atoms with Crippen LogP contribution in [-0.2, 0) is 9.59 Å². The summed E-state index contributed by atoms with van der Waals surface area (Å²) in [6.45, 7) is 2.75. The number of anilines is 2. The lowest BCUT2D eigenvalue weighted by molar-refractivity contribution is -0.123. The molecule has 2 amide bonds. The average Bonchev–Trinajstić information content (AvgIpc) is 2.41. The first kappa shape index (κ1) is 16.3. The van der Waals surface area contributed by atoms with Crippen LogP contribution in [0.25, 0.3) is 0 Å². The second kappa shape index (κ2) is 7.72. The molecule has 0 aromatic heterocycles. The summed E-state index contributed by atoms with van der Waals surface area (Å²) < 4.78 is 0. The Bertz CT molecular complexity index is 493. The lowest BCUT2D eigenvalue weighted by atomic mass is 10.2. The summed E-state index contributed by atoms with van der Waals surface area (Å²) in [4.78, 5) is 24.9. The summed E-state index contributed by atoms with van der Waals surface area (Å²) in [7, 11) is 1.56. The normalized spacial score (nSPS) is 10.4. The molecule has 0 heterocycles. The van der Waals surface area contributed by atoms with Crippen LogP contribution in [0, 0.1) is 0 Å². The minimum Gasteiger partial charge on any atom is -0.397 e. The molecule has 0 fully saturated rings. The van der Waals surface area contributed by atoms with Gasteiger partial charge in [-0.25, -0.2) is 0 Å². The quantitative estimate of drug-likeness (QED) is 0.682. The van der Waals surface area contributed by atoms with Gasteiger partial charge in [-0.3, -0.25) is 14.5 Å². The number of nitrogens with zero attached hydrogens (tertiary/aromatic N) is 1. The monoisotopic (exact) mass is 298 g/mol. The summed E-state index contributed by atoms with van der Waals surface area (Å²) in [5.41, 5.74) is 6.66. The van der Waals surface area contributed by atoms with Gasteiger partial charge in [0.25, 0.3) is 0 Å². The van der Waals surface area contributed by atoms with Crippen molar-refractivity contribution in [3.05, 3.63) is 23.2 Å². The van der Waals surface area contributed by atoms with Gasteiger partial charge in [-0.1, -0.05) is 18.5 Å². The van der Waals surface area contributed by atoms with Gasteiger partial charge in [-0.2, -0.15) is 0 Å². The molecule has 7 heteroatoms. The first-order chi connectivity index (χ1) is 9.46. The summed E-state index contributed by atoms with van der Waals surface area (Å²) in [5, 5.41) is 5.70. The number of carbonyl (C=O) groups excluding carboxylic acids is 2. The van der Waals surface area contributed by atoms with Crippen molar-refractivity contribution in [2.75, 3.05) is 37.7 Å². The molecule has 20 heavy (non-hydrogen) atoms. The fraction of sp³-hybridized carbons (Fsp3) is 0.385. The molecule has 0 spiro atoms. The second-order valence-electron chi connectivity index (χ2n) is 4.26. The van der Waals surface area contributed by atoms with E-state index < -0.39 is 0 Å². The van der Waals surface area contributed by atoms with E-state index >= 15 is 0 Å². The Balaban J connectivity index is 2.61. The Labute approximate surface area is 123 Å². The molecule has 0 saturated carbocycles. The number of benzene rings is 1. The topological polar surface area (TPSA) is 87.5 Å². The van der Waals surface area contributed by atoms with E-state index in [2.05, 4.69) is 10.6 Å². The van der Waals surface area contributed by atoms with Crippen molar-refractivity contribution in [1.29, 1.82) is 0 Å². The maximum Gasteiger partial charge on any atom is 0.238 e. The molecule has 0 bridgehead atoms. The van der Waals surface area contributed by atoms with Crippen LogP contribution < -0.4 is 16.4 Å². The standard InChI is InChI=1S/C13H19ClN4O2/c1-3-18(7-12(19)16-2)8-13(20)17-11-6-9(14)4-5-10(11)15/h4-6H,3,7-8,15H2,1-2H3,(H,16,19)(H,17,20). The van der Waals surface area contributed by atoms with Crippen LogP contribution >= 0.6 is 11.6 Å². The van der Waals surface area contributed by atoms with E-state index in [-0.39, 0.29) is 24.9 Å². The highest BCUT2D eigenvalue weighted by molar-refractivity contribution is 6.31. The molecular weight excluding hydrogens is 280 g/mol. The van der Waals surface area contributed by atoms with Gasteiger partial charge in [0.2, 0.25) is 11.8 Å². The van der Waals surface area contributed by atoms with Gasteiger partial charge in [0.15, 0.2) is 0 Å². The van der Waals surface area contributed by atoms with Crippen molar-refractivity contribution in [1.82, 2.24) is 10.2 Å². The van der Waals surface area contributed by atoms with Crippen LogP contribution in [0.5, 0.6) is 0 Å². The lowest BCUT2D eigenvalue weighted by Crippen LogP contribution is -2.40. The second-order valence-corrected chi connectivity index (χ2v) is 4.69. The largest absolute Gasteiger partial charge is 0.397 e. The zero-order valence-corrected chi connectivity index (χ0v) is 12.3. The van der Waals surface area contributed by atoms with Crippen LogP contribution in [0.1, 0.15) is 6.92 Å². The highest BCUT2D eigenvalue weighted by Crippen LogP contribution is 2.22. The molecule has 0 aliphatic carbocycles. The van der Waals surface area contributed by atoms with Gasteiger partial charge in [0, 0.05) is 12.1 Å². The van der Waals surface area contributed by atoms with Crippen molar-refractivity contribution >= 4 is 34.8 Å². The van der Waals surface area contributed by atoms with Gasteiger partial charge in [0.05, 0.1) is 24.5 Å². The number of rotatable bonds is 6. The Hall–Kier alpha value is -1.79. The van der Waals surface area contributed by atoms with E-state index in [0.717, 1.165) is 0 Å². The fourth-order valence-corrected chi connectivity index (χ4v) is 1.76. The number of hydrogen-bond donors (Lipinski definition) is 3. The molecule has 110 valence electrons. The Morgan fingerprint density at radius 3 is 2.55 bits per heavy atom. The van der Waals surface area contributed by atoms with Gasteiger partial charge in [-0.05, 0) is 24.7 Å². The molecule has 0 aliphatic rings. The molecule has 0 aliphatic heterocycles. The van der Waals surface area contributed by atoms with Gasteiger partial charge in [-0.15, -0.1) is 0 Å². The molecule has 6 nitrogen and oxygen atoms in total. The molecule has 1 aromatic carbocycles. The maximum atomic E-state index is 11.9. The zero-order chi connectivity index (χ0) is 15.1. The third-order valence-corrected chi connectivity index (χ3v) is 2.99. The number of amides is 2. The van der Waals surface area contributed by atoms with Crippen LogP contribution in [-0.4, -0.2) is 43.4 Å². The predicted molar refractivity (Wildman–Crippen MR) is 80.7 cm³/mol. The predicted octanol–water partition coefficient (Wildman–Crippen LogP) is 0.929. The van der Waals surface area contributed by atoms with Crippen molar-refractivity contribution in [2.45, 2.75) is 6.92 Å². The highest BCUT2D eigenvalue weighted by Gasteiger charge is 2.13. The molecular formula is C13H19ClN4O2. The number of likely N-dealkylation sites (N-methyl/N-ethyl adjacent to an activating group) is 2. The summed E-state index contributed by atoms with van der Waals surface area (Å²) in [5.74, 6) is -0.383. The first-order valence-electron chi connectivity index (χ1n) is 6.24. The number of nitrogen functional groups attached to an aromatic ring is 1. The van der Waals surface area contributed by atoms with E-state index in [1.807, 2.05) is 6.92 Å². The number of nitrogens with one attached hydrogen (secondary N) is 2. The van der Waals surface area contributed by atoms with Gasteiger partial charge in [0.1, 0.15) is 0 Å². The minimum absolute atomic E-state index is 0.107. The third-order valence-electron chi connectivity index (χ3n) is 2.75. The Morgan fingerprint density at radius 2 is 1.95 bits per heavy atom. The van der Waals surface area contributed by atoms with Crippen molar-refractivity contribution in [3.63, 3.8) is 0 Å². The number of hydrogen-bond acceptors (Lipinski definition) is 4. The third kappa shape index (κ3) is 5.07. The number of halogens is 1. The van der Waals surface area contributed by atoms with E-state index in [1.165, 1.54) is 0 Å². The fourth-order valence-electron chi connectivity index (χ4n) is 1.59. The average molecular weight is 299 g/mol. The number of carbonyl (C=O) groups is 2. The Morgan fingerprint density at radius 1 is 1.30 bits per heavy atom. The molecule has 1 rings (SSSR count). The first-order valence-corrected chi connectivity index (χ1v) is 6.61. The smallest absolute Gasteiger partial charge is 0.238 e. The van der Waals surface area contributed by atoms with Crippen molar-refractivity contribution in [3.8, 4) is 0 Å². The van der Waals surface area contributed by atoms with Crippen LogP contribution in [0.4, 0.5) is 11.4 Å². The van der Waals surface area contributed by atoms with Crippen molar-refractivity contribution < 1.29 is 9.59 Å². The summed E-state index contributed by atoms with van der Waals surface area (Å²) >= 11 is 5.85. The van der Waals surface area contributed by atoms with Gasteiger partial charge >= 0.3 is 0 Å². The maximum absolute atomic E-state index is 11.9. The van der Waals surface area contributed by atoms with Crippen LogP contribution in [0.3, 0.4) is 0 Å². The minimum atomic E-state index is -0.246.